The molecule has 172 valence electrons. The van der Waals surface area contributed by atoms with Crippen LogP contribution >= 0.6 is 0 Å². The molecule has 2 aromatic carbocycles. The van der Waals surface area contributed by atoms with E-state index in [2.05, 4.69) is 20.6 Å². The molecule has 1 aromatic heterocycles. The number of anilines is 4. The minimum atomic E-state index is -4.46. The Morgan fingerprint density at radius 3 is 2.42 bits per heavy atom. The molecule has 0 amide bonds. The largest absolute Gasteiger partial charge is 0.416 e. The van der Waals surface area contributed by atoms with E-state index in [-0.39, 0.29) is 22.8 Å². The Bertz CT molecular complexity index is 1230. The van der Waals surface area contributed by atoms with Crippen LogP contribution in [0.3, 0.4) is 0 Å². The predicted molar refractivity (Wildman–Crippen MR) is 122 cm³/mol. The van der Waals surface area contributed by atoms with Crippen LogP contribution in [0.25, 0.3) is 0 Å². The first kappa shape index (κ1) is 22.8. The van der Waals surface area contributed by atoms with Crippen LogP contribution in [0.15, 0.2) is 42.5 Å². The molecular weight excluding hydrogens is 429 g/mol. The maximum absolute atomic E-state index is 13.1. The molecule has 4 rings (SSSR count). The summed E-state index contributed by atoms with van der Waals surface area (Å²) in [5.41, 5.74) is 3.06. The van der Waals surface area contributed by atoms with Gasteiger partial charge in [0.05, 0.1) is 16.8 Å². The van der Waals surface area contributed by atoms with Crippen molar-refractivity contribution in [3.8, 4) is 0 Å². The smallest absolute Gasteiger partial charge is 0.339 e. The number of hydrogen-bond donors (Lipinski definition) is 2. The summed E-state index contributed by atoms with van der Waals surface area (Å²) in [6.07, 6.45) is -3.54. The molecule has 0 atom stereocenters. The molecule has 2 N–H and O–H groups in total. The number of fused-ring (bicyclic) bond motifs is 1. The summed E-state index contributed by atoms with van der Waals surface area (Å²) in [6, 6.07) is 10.7. The zero-order valence-electron chi connectivity index (χ0n) is 18.9. The average molecular weight is 454 g/mol. The van der Waals surface area contributed by atoms with Gasteiger partial charge >= 0.3 is 6.18 Å². The fourth-order valence-corrected chi connectivity index (χ4v) is 4.10. The van der Waals surface area contributed by atoms with Gasteiger partial charge in [0, 0.05) is 17.8 Å². The third kappa shape index (κ3) is 4.99. The predicted octanol–water partition coefficient (Wildman–Crippen LogP) is 6.75. The molecule has 1 aliphatic carbocycles. The third-order valence-corrected chi connectivity index (χ3v) is 5.63. The maximum Gasteiger partial charge on any atom is 0.416 e. The van der Waals surface area contributed by atoms with Gasteiger partial charge in [-0.25, -0.2) is 4.98 Å². The van der Waals surface area contributed by atoms with Gasteiger partial charge < -0.3 is 10.6 Å². The van der Waals surface area contributed by atoms with Crippen LogP contribution in [0.2, 0.25) is 0 Å². The fraction of sp³-hybridized carbons (Fsp3) is 0.320. The lowest BCUT2D eigenvalue weighted by atomic mass is 9.75. The van der Waals surface area contributed by atoms with Gasteiger partial charge in [0.1, 0.15) is 5.82 Å². The van der Waals surface area contributed by atoms with E-state index in [9.17, 15) is 18.0 Å². The molecule has 0 unspecified atom stereocenters. The Morgan fingerprint density at radius 1 is 0.970 bits per heavy atom. The lowest BCUT2D eigenvalue weighted by Gasteiger charge is -2.30. The molecular formula is C25H25F3N4O. The van der Waals surface area contributed by atoms with Gasteiger partial charge in [-0.1, -0.05) is 37.6 Å². The second-order valence-corrected chi connectivity index (χ2v) is 9.31. The van der Waals surface area contributed by atoms with Crippen LogP contribution in [0.1, 0.15) is 53.0 Å². The zero-order valence-corrected chi connectivity index (χ0v) is 18.9. The number of hydrogen-bond acceptors (Lipinski definition) is 5. The molecule has 8 heteroatoms. The fourth-order valence-electron chi connectivity index (χ4n) is 4.10. The topological polar surface area (TPSA) is 66.9 Å². The van der Waals surface area contributed by atoms with Gasteiger partial charge in [0.15, 0.2) is 5.78 Å². The number of nitrogens with one attached hydrogen (secondary N) is 2. The number of ketones is 1. The van der Waals surface area contributed by atoms with Crippen molar-refractivity contribution in [3.05, 3.63) is 70.4 Å². The number of aryl methyl sites for hydroxylation is 2. The van der Waals surface area contributed by atoms with E-state index in [0.29, 0.717) is 29.9 Å². The van der Waals surface area contributed by atoms with Gasteiger partial charge in [-0.05, 0) is 55.5 Å². The lowest BCUT2D eigenvalue weighted by molar-refractivity contribution is -0.137. The molecule has 33 heavy (non-hydrogen) atoms. The number of Topliss-reactive ketones (excluding diaryl/α,β-unsaturated/α-hetero) is 1. The van der Waals surface area contributed by atoms with Crippen LogP contribution in [0.4, 0.5) is 36.3 Å². The Hall–Kier alpha value is -3.42. The standard InChI is InChI=1S/C25H25F3N4O/c1-14-8-9-18(15(2)10-14)30-22-21-19(12-24(3,4)13-20(21)33)31-23(32-22)29-17-7-5-6-16(11-17)25(26,27)28/h5-11H,12-13H2,1-4H3,(H2,29,30,31,32). The summed E-state index contributed by atoms with van der Waals surface area (Å²) in [4.78, 5) is 22.0. The van der Waals surface area contributed by atoms with Crippen LogP contribution in [0, 0.1) is 19.3 Å². The van der Waals surface area contributed by atoms with Crippen LogP contribution in [0.5, 0.6) is 0 Å². The van der Waals surface area contributed by atoms with Crippen LogP contribution < -0.4 is 10.6 Å². The summed E-state index contributed by atoms with van der Waals surface area (Å²) in [5.74, 6) is 0.423. The zero-order chi connectivity index (χ0) is 24.0. The summed E-state index contributed by atoms with van der Waals surface area (Å²) in [5, 5.41) is 6.14. The molecule has 3 aromatic rings. The molecule has 0 aliphatic heterocycles. The highest BCUT2D eigenvalue weighted by atomic mass is 19.4. The number of nitrogens with zero attached hydrogens (tertiary/aromatic N) is 2. The average Bonchev–Trinajstić information content (AvgIpc) is 2.68. The number of carbonyl (C=O) groups excluding carboxylic acids is 1. The number of rotatable bonds is 4. The van der Waals surface area contributed by atoms with E-state index in [0.717, 1.165) is 28.9 Å². The quantitative estimate of drug-likeness (QED) is 0.456. The number of halogens is 3. The van der Waals surface area contributed by atoms with Crippen molar-refractivity contribution in [2.75, 3.05) is 10.6 Å². The van der Waals surface area contributed by atoms with Gasteiger partial charge in [0.25, 0.3) is 0 Å². The number of alkyl halides is 3. The number of aromatic nitrogens is 2. The Labute approximate surface area is 190 Å². The van der Waals surface area contributed by atoms with Crippen LogP contribution in [-0.2, 0) is 12.6 Å². The van der Waals surface area contributed by atoms with Gasteiger partial charge in [-0.3, -0.25) is 4.79 Å². The molecule has 5 nitrogen and oxygen atoms in total. The van der Waals surface area contributed by atoms with Crippen molar-refractivity contribution in [2.24, 2.45) is 5.41 Å². The maximum atomic E-state index is 13.1. The molecule has 1 heterocycles. The second-order valence-electron chi connectivity index (χ2n) is 9.31. The van der Waals surface area contributed by atoms with Crippen LogP contribution in [-0.4, -0.2) is 15.8 Å². The number of carbonyl (C=O) groups is 1. The van der Waals surface area contributed by atoms with E-state index in [4.69, 9.17) is 0 Å². The highest BCUT2D eigenvalue weighted by Crippen LogP contribution is 2.38. The molecule has 0 saturated carbocycles. The van der Waals surface area contributed by atoms with Crippen molar-refractivity contribution in [2.45, 2.75) is 46.7 Å². The van der Waals surface area contributed by atoms with E-state index < -0.39 is 11.7 Å². The molecule has 0 spiro atoms. The lowest BCUT2D eigenvalue weighted by Crippen LogP contribution is -2.29. The van der Waals surface area contributed by atoms with Crippen molar-refractivity contribution in [1.82, 2.24) is 9.97 Å². The van der Waals surface area contributed by atoms with Gasteiger partial charge in [0.2, 0.25) is 5.95 Å². The molecule has 0 fully saturated rings. The number of benzene rings is 2. The van der Waals surface area contributed by atoms with Gasteiger partial charge in [-0.2, -0.15) is 18.2 Å². The first-order chi connectivity index (χ1) is 15.4. The minimum Gasteiger partial charge on any atom is -0.339 e. The molecule has 0 saturated heterocycles. The summed E-state index contributed by atoms with van der Waals surface area (Å²) >= 11 is 0. The Kier molecular flexibility index (Phi) is 5.64. The van der Waals surface area contributed by atoms with Crippen molar-refractivity contribution in [3.63, 3.8) is 0 Å². The SMILES string of the molecule is Cc1ccc(Nc2nc(Nc3cccc(C(F)(F)F)c3)nc3c2C(=O)CC(C)(C)C3)c(C)c1. The van der Waals surface area contributed by atoms with Crippen molar-refractivity contribution in [1.29, 1.82) is 0 Å². The molecule has 0 radical (unpaired) electrons. The summed E-state index contributed by atoms with van der Waals surface area (Å²) in [6.45, 7) is 7.93. The van der Waals surface area contributed by atoms with Crippen molar-refractivity contribution >= 4 is 28.9 Å². The molecule has 0 bridgehead atoms. The van der Waals surface area contributed by atoms with E-state index >= 15 is 0 Å². The third-order valence-electron chi connectivity index (χ3n) is 5.63. The van der Waals surface area contributed by atoms with Gasteiger partial charge in [-0.15, -0.1) is 0 Å². The monoisotopic (exact) mass is 454 g/mol. The normalized spacial score (nSPS) is 15.2. The Morgan fingerprint density at radius 2 is 1.73 bits per heavy atom. The first-order valence-corrected chi connectivity index (χ1v) is 10.6. The van der Waals surface area contributed by atoms with E-state index in [1.807, 2.05) is 45.9 Å². The Balaban J connectivity index is 1.77. The van der Waals surface area contributed by atoms with E-state index in [1.165, 1.54) is 12.1 Å². The molecule has 1 aliphatic rings. The second kappa shape index (κ2) is 8.17. The summed E-state index contributed by atoms with van der Waals surface area (Å²) < 4.78 is 39.4. The summed E-state index contributed by atoms with van der Waals surface area (Å²) in [7, 11) is 0. The minimum absolute atomic E-state index is 0.0564. The van der Waals surface area contributed by atoms with Crippen molar-refractivity contribution < 1.29 is 18.0 Å². The first-order valence-electron chi connectivity index (χ1n) is 10.6. The van der Waals surface area contributed by atoms with E-state index in [1.54, 1.807) is 0 Å². The highest BCUT2D eigenvalue weighted by Gasteiger charge is 2.35. The highest BCUT2D eigenvalue weighted by molar-refractivity contribution is 6.03.